The van der Waals surface area contributed by atoms with Crippen LogP contribution in [0.5, 0.6) is 5.75 Å². The maximum Gasteiger partial charge on any atom is 0.119 e. The van der Waals surface area contributed by atoms with Crippen LogP contribution < -0.4 is 9.64 Å². The Bertz CT molecular complexity index is 762. The van der Waals surface area contributed by atoms with Crippen LogP contribution in [0, 0.1) is 0 Å². The third kappa shape index (κ3) is 2.77. The molecule has 0 N–H and O–H groups in total. The van der Waals surface area contributed by atoms with E-state index in [0.29, 0.717) is 6.04 Å². The van der Waals surface area contributed by atoms with Gasteiger partial charge in [-0.15, -0.1) is 0 Å². The third-order valence-corrected chi connectivity index (χ3v) is 3.88. The molecule has 112 valence electrons. The third-order valence-electron chi connectivity index (χ3n) is 3.88. The number of rotatable bonds is 4. The molecule has 0 amide bonds. The molecule has 0 bridgehead atoms. The predicted molar refractivity (Wildman–Crippen MR) is 94.2 cm³/mol. The summed E-state index contributed by atoms with van der Waals surface area (Å²) in [4.78, 5) is 2.34. The molecule has 0 aromatic heterocycles. The normalized spacial score (nSPS) is 10.9. The summed E-state index contributed by atoms with van der Waals surface area (Å²) < 4.78 is 5.25. The van der Waals surface area contributed by atoms with Crippen molar-refractivity contribution in [2.45, 2.75) is 19.9 Å². The van der Waals surface area contributed by atoms with Crippen LogP contribution in [-0.4, -0.2) is 13.2 Å². The van der Waals surface area contributed by atoms with Crippen molar-refractivity contribution in [2.24, 2.45) is 0 Å². The lowest BCUT2D eigenvalue weighted by atomic mass is 10.1. The molecule has 0 aliphatic heterocycles. The van der Waals surface area contributed by atoms with Crippen molar-refractivity contribution in [3.63, 3.8) is 0 Å². The van der Waals surface area contributed by atoms with E-state index in [1.54, 1.807) is 7.11 Å². The van der Waals surface area contributed by atoms with Gasteiger partial charge in [-0.2, -0.15) is 0 Å². The van der Waals surface area contributed by atoms with Gasteiger partial charge in [0.25, 0.3) is 0 Å². The molecule has 3 rings (SSSR count). The first-order chi connectivity index (χ1) is 10.7. The summed E-state index contributed by atoms with van der Waals surface area (Å²) >= 11 is 0. The van der Waals surface area contributed by atoms with E-state index in [4.69, 9.17) is 4.74 Å². The molecule has 3 aromatic carbocycles. The molecule has 0 saturated heterocycles. The second kappa shape index (κ2) is 6.10. The minimum Gasteiger partial charge on any atom is -0.497 e. The molecule has 0 heterocycles. The smallest absolute Gasteiger partial charge is 0.119 e. The first kappa shape index (κ1) is 14.5. The standard InChI is InChI=1S/C20H21NO/c1-15(2)21(18-10-12-20(22-3)13-11-18)19-9-8-16-6-4-5-7-17(16)14-19/h4-15H,1-3H3. The summed E-state index contributed by atoms with van der Waals surface area (Å²) in [5, 5.41) is 2.53. The Labute approximate surface area is 132 Å². The average molecular weight is 291 g/mol. The van der Waals surface area contributed by atoms with E-state index < -0.39 is 0 Å². The van der Waals surface area contributed by atoms with E-state index in [0.717, 1.165) is 5.75 Å². The number of ether oxygens (including phenoxy) is 1. The Morgan fingerprint density at radius 3 is 2.05 bits per heavy atom. The van der Waals surface area contributed by atoms with E-state index in [1.807, 2.05) is 12.1 Å². The van der Waals surface area contributed by atoms with E-state index in [1.165, 1.54) is 22.1 Å². The monoisotopic (exact) mass is 291 g/mol. The van der Waals surface area contributed by atoms with E-state index in [9.17, 15) is 0 Å². The second-order valence-electron chi connectivity index (χ2n) is 5.69. The zero-order chi connectivity index (χ0) is 15.5. The van der Waals surface area contributed by atoms with Crippen molar-refractivity contribution in [2.75, 3.05) is 12.0 Å². The summed E-state index contributed by atoms with van der Waals surface area (Å²) in [5.74, 6) is 0.881. The highest BCUT2D eigenvalue weighted by Crippen LogP contribution is 2.31. The zero-order valence-corrected chi connectivity index (χ0v) is 13.3. The van der Waals surface area contributed by atoms with Crippen molar-refractivity contribution in [1.82, 2.24) is 0 Å². The SMILES string of the molecule is COc1ccc(N(c2ccc3ccccc3c2)C(C)C)cc1. The molecule has 0 atom stereocenters. The Morgan fingerprint density at radius 1 is 0.773 bits per heavy atom. The van der Waals surface area contributed by atoms with Gasteiger partial charge < -0.3 is 9.64 Å². The molecule has 0 radical (unpaired) electrons. The van der Waals surface area contributed by atoms with Crippen LogP contribution in [0.2, 0.25) is 0 Å². The number of hydrogen-bond acceptors (Lipinski definition) is 2. The molecule has 2 nitrogen and oxygen atoms in total. The minimum atomic E-state index is 0.370. The van der Waals surface area contributed by atoms with Crippen LogP contribution in [0.3, 0.4) is 0 Å². The van der Waals surface area contributed by atoms with Gasteiger partial charge in [0.15, 0.2) is 0 Å². The lowest BCUT2D eigenvalue weighted by Crippen LogP contribution is -2.25. The highest BCUT2D eigenvalue weighted by molar-refractivity contribution is 5.87. The topological polar surface area (TPSA) is 12.5 Å². The van der Waals surface area contributed by atoms with Crippen LogP contribution in [-0.2, 0) is 0 Å². The minimum absolute atomic E-state index is 0.370. The van der Waals surface area contributed by atoms with Crippen molar-refractivity contribution in [1.29, 1.82) is 0 Å². The Kier molecular flexibility index (Phi) is 4.01. The summed E-state index contributed by atoms with van der Waals surface area (Å²) in [6.07, 6.45) is 0. The number of methoxy groups -OCH3 is 1. The summed E-state index contributed by atoms with van der Waals surface area (Å²) in [6.45, 7) is 4.42. The Morgan fingerprint density at radius 2 is 1.41 bits per heavy atom. The van der Waals surface area contributed by atoms with Gasteiger partial charge in [0.05, 0.1) is 7.11 Å². The van der Waals surface area contributed by atoms with Crippen molar-refractivity contribution in [3.8, 4) is 5.75 Å². The molecule has 22 heavy (non-hydrogen) atoms. The van der Waals surface area contributed by atoms with Gasteiger partial charge in [-0.1, -0.05) is 30.3 Å². The van der Waals surface area contributed by atoms with Crippen LogP contribution in [0.1, 0.15) is 13.8 Å². The van der Waals surface area contributed by atoms with Gasteiger partial charge in [-0.3, -0.25) is 0 Å². The first-order valence-electron chi connectivity index (χ1n) is 7.61. The Hall–Kier alpha value is -2.48. The van der Waals surface area contributed by atoms with Crippen molar-refractivity contribution >= 4 is 22.1 Å². The van der Waals surface area contributed by atoms with Crippen molar-refractivity contribution < 1.29 is 4.74 Å². The fourth-order valence-electron chi connectivity index (χ4n) is 2.81. The van der Waals surface area contributed by atoms with E-state index >= 15 is 0 Å². The number of anilines is 2. The second-order valence-corrected chi connectivity index (χ2v) is 5.69. The predicted octanol–water partition coefficient (Wildman–Crippen LogP) is 5.39. The molecule has 0 unspecified atom stereocenters. The molecule has 3 aromatic rings. The molecular weight excluding hydrogens is 270 g/mol. The number of fused-ring (bicyclic) bond motifs is 1. The van der Waals surface area contributed by atoms with Crippen LogP contribution in [0.15, 0.2) is 66.7 Å². The summed E-state index contributed by atoms with van der Waals surface area (Å²) in [5.41, 5.74) is 2.38. The number of benzene rings is 3. The van der Waals surface area contributed by atoms with Gasteiger partial charge >= 0.3 is 0 Å². The van der Waals surface area contributed by atoms with Crippen LogP contribution >= 0.6 is 0 Å². The van der Waals surface area contributed by atoms with Gasteiger partial charge in [0, 0.05) is 17.4 Å². The molecule has 0 spiro atoms. The highest BCUT2D eigenvalue weighted by atomic mass is 16.5. The van der Waals surface area contributed by atoms with Crippen LogP contribution in [0.25, 0.3) is 10.8 Å². The molecule has 0 saturated carbocycles. The summed E-state index contributed by atoms with van der Waals surface area (Å²) in [6, 6.07) is 23.7. The van der Waals surface area contributed by atoms with Crippen molar-refractivity contribution in [3.05, 3.63) is 66.7 Å². The number of hydrogen-bond donors (Lipinski definition) is 0. The average Bonchev–Trinajstić information content (AvgIpc) is 2.55. The van der Waals surface area contributed by atoms with E-state index in [2.05, 4.69) is 73.3 Å². The lowest BCUT2D eigenvalue weighted by Gasteiger charge is -2.29. The largest absolute Gasteiger partial charge is 0.497 e. The molecule has 0 aliphatic carbocycles. The molecular formula is C20H21NO. The quantitative estimate of drug-likeness (QED) is 0.638. The highest BCUT2D eigenvalue weighted by Gasteiger charge is 2.13. The molecule has 0 aliphatic rings. The van der Waals surface area contributed by atoms with Gasteiger partial charge in [-0.05, 0) is 61.0 Å². The molecule has 0 fully saturated rings. The van der Waals surface area contributed by atoms with Gasteiger partial charge in [0.1, 0.15) is 5.75 Å². The maximum absolute atomic E-state index is 5.25. The van der Waals surface area contributed by atoms with Gasteiger partial charge in [-0.25, -0.2) is 0 Å². The molecule has 2 heteroatoms. The Balaban J connectivity index is 2.04. The van der Waals surface area contributed by atoms with Gasteiger partial charge in [0.2, 0.25) is 0 Å². The fraction of sp³-hybridized carbons (Fsp3) is 0.200. The first-order valence-corrected chi connectivity index (χ1v) is 7.61. The van der Waals surface area contributed by atoms with Crippen LogP contribution in [0.4, 0.5) is 11.4 Å². The maximum atomic E-state index is 5.25. The zero-order valence-electron chi connectivity index (χ0n) is 13.3. The fourth-order valence-corrected chi connectivity index (χ4v) is 2.81. The van der Waals surface area contributed by atoms with E-state index in [-0.39, 0.29) is 0 Å². The summed E-state index contributed by atoms with van der Waals surface area (Å²) in [7, 11) is 1.69. The lowest BCUT2D eigenvalue weighted by molar-refractivity contribution is 0.415. The number of nitrogens with zero attached hydrogens (tertiary/aromatic N) is 1.